The van der Waals surface area contributed by atoms with E-state index in [9.17, 15) is 9.18 Å². The van der Waals surface area contributed by atoms with E-state index in [1.54, 1.807) is 12.1 Å². The fourth-order valence-electron chi connectivity index (χ4n) is 2.44. The topological polar surface area (TPSA) is 50.4 Å². The Hall–Kier alpha value is -2.56. The van der Waals surface area contributed by atoms with E-state index in [4.69, 9.17) is 4.74 Å². The third-order valence-corrected chi connectivity index (χ3v) is 3.57. The van der Waals surface area contributed by atoms with E-state index in [1.807, 2.05) is 52.0 Å². The van der Waals surface area contributed by atoms with Crippen LogP contribution in [0.4, 0.5) is 20.6 Å². The van der Waals surface area contributed by atoms with Crippen LogP contribution in [0.5, 0.6) is 0 Å². The number of nitrogens with one attached hydrogen (secondary N) is 2. The fourth-order valence-corrected chi connectivity index (χ4v) is 2.44. The van der Waals surface area contributed by atoms with Gasteiger partial charge in [0.15, 0.2) is 0 Å². The first kappa shape index (κ1) is 18.8. The zero-order valence-electron chi connectivity index (χ0n) is 15.1. The predicted molar refractivity (Wildman–Crippen MR) is 99.4 cm³/mol. The van der Waals surface area contributed by atoms with Crippen LogP contribution in [0, 0.1) is 5.82 Å². The summed E-state index contributed by atoms with van der Waals surface area (Å²) in [5.41, 5.74) is 1.84. The lowest BCUT2D eigenvalue weighted by atomic mass is 10.0. The van der Waals surface area contributed by atoms with E-state index >= 15 is 0 Å². The average Bonchev–Trinajstić information content (AvgIpc) is 2.53. The molecule has 2 rings (SSSR count). The molecule has 0 spiro atoms. The van der Waals surface area contributed by atoms with Gasteiger partial charge >= 0.3 is 6.09 Å². The van der Waals surface area contributed by atoms with Crippen molar-refractivity contribution in [2.75, 3.05) is 10.6 Å². The number of hydrogen-bond donors (Lipinski definition) is 2. The van der Waals surface area contributed by atoms with Crippen LogP contribution >= 0.6 is 0 Å². The Morgan fingerprint density at radius 3 is 2.24 bits per heavy atom. The Labute approximate surface area is 148 Å². The second-order valence-corrected chi connectivity index (χ2v) is 6.83. The predicted octanol–water partition coefficient (Wildman–Crippen LogP) is 5.74. The van der Waals surface area contributed by atoms with Gasteiger partial charge in [0, 0.05) is 0 Å². The zero-order chi connectivity index (χ0) is 18.4. The molecule has 0 heterocycles. The summed E-state index contributed by atoms with van der Waals surface area (Å²) in [6.07, 6.45) is 0.309. The van der Waals surface area contributed by atoms with Crippen LogP contribution in [0.2, 0.25) is 0 Å². The van der Waals surface area contributed by atoms with E-state index in [1.165, 1.54) is 12.1 Å². The van der Waals surface area contributed by atoms with Crippen molar-refractivity contribution >= 4 is 17.5 Å². The van der Waals surface area contributed by atoms with Crippen molar-refractivity contribution in [2.24, 2.45) is 0 Å². The van der Waals surface area contributed by atoms with Crippen molar-refractivity contribution < 1.29 is 13.9 Å². The van der Waals surface area contributed by atoms with Crippen molar-refractivity contribution in [2.45, 2.75) is 45.8 Å². The molecule has 2 aromatic rings. The summed E-state index contributed by atoms with van der Waals surface area (Å²) in [6, 6.07) is 13.9. The Bertz CT molecular complexity index is 708. The lowest BCUT2D eigenvalue weighted by molar-refractivity contribution is 0.0636. The largest absolute Gasteiger partial charge is 0.444 e. The van der Waals surface area contributed by atoms with Crippen molar-refractivity contribution in [3.05, 3.63) is 59.9 Å². The number of rotatable bonds is 5. The van der Waals surface area contributed by atoms with Gasteiger partial charge in [-0.2, -0.15) is 0 Å². The molecule has 0 radical (unpaired) electrons. The summed E-state index contributed by atoms with van der Waals surface area (Å²) in [5, 5.41) is 6.18. The van der Waals surface area contributed by atoms with Gasteiger partial charge in [-0.05, 0) is 57.0 Å². The Morgan fingerprint density at radius 2 is 1.68 bits per heavy atom. The molecule has 1 atom stereocenters. The summed E-state index contributed by atoms with van der Waals surface area (Å²) in [4.78, 5) is 12.0. The van der Waals surface area contributed by atoms with Crippen molar-refractivity contribution in [1.82, 2.24) is 0 Å². The number of hydrogen-bond acceptors (Lipinski definition) is 3. The summed E-state index contributed by atoms with van der Waals surface area (Å²) >= 11 is 0. The first-order chi connectivity index (χ1) is 11.8. The molecule has 1 unspecified atom stereocenters. The smallest absolute Gasteiger partial charge is 0.412 e. The van der Waals surface area contributed by atoms with Gasteiger partial charge in [0.2, 0.25) is 0 Å². The SMILES string of the molecule is CCC(Nc1ccccc1NC(=O)OC(C)(C)C)c1ccc(F)cc1. The molecular formula is C20H25FN2O2. The van der Waals surface area contributed by atoms with E-state index < -0.39 is 11.7 Å². The van der Waals surface area contributed by atoms with E-state index in [2.05, 4.69) is 10.6 Å². The monoisotopic (exact) mass is 344 g/mol. The Balaban J connectivity index is 2.16. The standard InChI is InChI=1S/C20H25FN2O2/c1-5-16(14-10-12-15(21)13-11-14)22-17-8-6-7-9-18(17)23-19(24)25-20(2,3)4/h6-13,16,22H,5H2,1-4H3,(H,23,24). The van der Waals surface area contributed by atoms with Crippen LogP contribution in [0.25, 0.3) is 0 Å². The molecule has 0 saturated carbocycles. The summed E-state index contributed by atoms with van der Waals surface area (Å²) in [5.74, 6) is -0.259. The number of carbonyl (C=O) groups is 1. The third-order valence-electron chi connectivity index (χ3n) is 3.57. The summed E-state index contributed by atoms with van der Waals surface area (Å²) in [6.45, 7) is 7.50. The molecule has 0 aliphatic heterocycles. The number of amides is 1. The highest BCUT2D eigenvalue weighted by Gasteiger charge is 2.18. The van der Waals surface area contributed by atoms with E-state index in [0.29, 0.717) is 5.69 Å². The molecule has 2 aromatic carbocycles. The van der Waals surface area contributed by atoms with Gasteiger partial charge in [-0.25, -0.2) is 9.18 Å². The average molecular weight is 344 g/mol. The molecule has 25 heavy (non-hydrogen) atoms. The first-order valence-electron chi connectivity index (χ1n) is 8.39. The van der Waals surface area contributed by atoms with Crippen LogP contribution in [-0.2, 0) is 4.74 Å². The molecule has 0 saturated heterocycles. The van der Waals surface area contributed by atoms with Gasteiger partial charge in [-0.1, -0.05) is 31.2 Å². The molecule has 0 bridgehead atoms. The second-order valence-electron chi connectivity index (χ2n) is 6.83. The maximum absolute atomic E-state index is 13.1. The maximum Gasteiger partial charge on any atom is 0.412 e. The fraction of sp³-hybridized carbons (Fsp3) is 0.350. The van der Waals surface area contributed by atoms with Crippen LogP contribution < -0.4 is 10.6 Å². The summed E-state index contributed by atoms with van der Waals surface area (Å²) in [7, 11) is 0. The Kier molecular flexibility index (Phi) is 6.02. The van der Waals surface area contributed by atoms with E-state index in [-0.39, 0.29) is 11.9 Å². The highest BCUT2D eigenvalue weighted by molar-refractivity contribution is 5.89. The molecule has 2 N–H and O–H groups in total. The minimum atomic E-state index is -0.563. The highest BCUT2D eigenvalue weighted by atomic mass is 19.1. The van der Waals surface area contributed by atoms with Gasteiger partial charge < -0.3 is 10.1 Å². The maximum atomic E-state index is 13.1. The van der Waals surface area contributed by atoms with Crippen LogP contribution in [0.15, 0.2) is 48.5 Å². The Morgan fingerprint density at radius 1 is 1.08 bits per heavy atom. The van der Waals surface area contributed by atoms with Crippen LogP contribution in [0.3, 0.4) is 0 Å². The van der Waals surface area contributed by atoms with Crippen molar-refractivity contribution in [3.63, 3.8) is 0 Å². The van der Waals surface area contributed by atoms with Crippen LogP contribution in [-0.4, -0.2) is 11.7 Å². The molecule has 5 heteroatoms. The molecular weight excluding hydrogens is 319 g/mol. The molecule has 0 aromatic heterocycles. The number of ether oxygens (including phenoxy) is 1. The second kappa shape index (κ2) is 8.01. The molecule has 4 nitrogen and oxygen atoms in total. The van der Waals surface area contributed by atoms with Crippen molar-refractivity contribution in [3.8, 4) is 0 Å². The number of carbonyl (C=O) groups excluding carboxylic acids is 1. The number of benzene rings is 2. The molecule has 0 aliphatic carbocycles. The lowest BCUT2D eigenvalue weighted by Gasteiger charge is -2.23. The van der Waals surface area contributed by atoms with E-state index in [0.717, 1.165) is 17.7 Å². The number of halogens is 1. The minimum absolute atomic E-state index is 0.00202. The minimum Gasteiger partial charge on any atom is -0.444 e. The van der Waals surface area contributed by atoms with Gasteiger partial charge in [-0.15, -0.1) is 0 Å². The summed E-state index contributed by atoms with van der Waals surface area (Å²) < 4.78 is 18.4. The lowest BCUT2D eigenvalue weighted by Crippen LogP contribution is -2.27. The molecule has 1 amide bonds. The normalized spacial score (nSPS) is 12.4. The zero-order valence-corrected chi connectivity index (χ0v) is 15.1. The van der Waals surface area contributed by atoms with Gasteiger partial charge in [0.25, 0.3) is 0 Å². The molecule has 0 fully saturated rings. The van der Waals surface area contributed by atoms with Crippen LogP contribution in [0.1, 0.15) is 45.7 Å². The van der Waals surface area contributed by atoms with Gasteiger partial charge in [-0.3, -0.25) is 5.32 Å². The first-order valence-corrected chi connectivity index (χ1v) is 8.39. The number of anilines is 2. The molecule has 0 aliphatic rings. The van der Waals surface area contributed by atoms with Gasteiger partial charge in [0.05, 0.1) is 17.4 Å². The quantitative estimate of drug-likeness (QED) is 0.727. The third kappa shape index (κ3) is 5.78. The highest BCUT2D eigenvalue weighted by Crippen LogP contribution is 2.28. The molecule has 134 valence electrons. The van der Waals surface area contributed by atoms with Gasteiger partial charge in [0.1, 0.15) is 11.4 Å². The van der Waals surface area contributed by atoms with Crippen molar-refractivity contribution in [1.29, 1.82) is 0 Å². The number of para-hydroxylation sites is 2.